The highest BCUT2D eigenvalue weighted by Gasteiger charge is 2.13. The minimum absolute atomic E-state index is 0.180. The molecule has 1 aromatic carbocycles. The monoisotopic (exact) mass is 246 g/mol. The average Bonchev–Trinajstić information content (AvgIpc) is 2.71. The molecule has 0 spiro atoms. The Morgan fingerprint density at radius 3 is 2.78 bits per heavy atom. The predicted molar refractivity (Wildman–Crippen MR) is 66.0 cm³/mol. The number of carboxylic acids is 1. The van der Waals surface area contributed by atoms with Gasteiger partial charge in [0.25, 0.3) is 0 Å². The van der Waals surface area contributed by atoms with Crippen molar-refractivity contribution in [2.45, 2.75) is 6.42 Å². The van der Waals surface area contributed by atoms with Gasteiger partial charge in [0.2, 0.25) is 0 Å². The largest absolute Gasteiger partial charge is 0.496 e. The van der Waals surface area contributed by atoms with Crippen molar-refractivity contribution in [3.05, 3.63) is 47.3 Å². The Bertz CT molecular complexity index is 575. The van der Waals surface area contributed by atoms with E-state index in [0.29, 0.717) is 12.1 Å². The third-order valence-corrected chi connectivity index (χ3v) is 2.71. The maximum Gasteiger partial charge on any atom is 0.354 e. The van der Waals surface area contributed by atoms with Crippen LogP contribution in [0.2, 0.25) is 0 Å². The first-order chi connectivity index (χ1) is 8.61. The van der Waals surface area contributed by atoms with E-state index in [4.69, 9.17) is 9.84 Å². The molecule has 0 aliphatic heterocycles. The third kappa shape index (κ3) is 2.34. The lowest BCUT2D eigenvalue weighted by Gasteiger charge is -2.05. The molecule has 0 saturated carbocycles. The molecular weight excluding hydrogens is 232 g/mol. The van der Waals surface area contributed by atoms with Gasteiger partial charge in [-0.05, 0) is 12.1 Å². The van der Waals surface area contributed by atoms with E-state index in [1.54, 1.807) is 20.2 Å². The molecule has 0 atom stereocenters. The summed E-state index contributed by atoms with van der Waals surface area (Å²) >= 11 is 0. The standard InChI is InChI=1S/C13H14N2O3/c1-15-11(13(16)17)8-10(14-15)7-9-5-3-4-6-12(9)18-2/h3-6,8H,7H2,1-2H3,(H,16,17). The molecule has 2 rings (SSSR count). The number of benzene rings is 1. The summed E-state index contributed by atoms with van der Waals surface area (Å²) in [6.45, 7) is 0. The highest BCUT2D eigenvalue weighted by Crippen LogP contribution is 2.20. The van der Waals surface area contributed by atoms with Crippen molar-refractivity contribution < 1.29 is 14.6 Å². The van der Waals surface area contributed by atoms with Crippen LogP contribution in [-0.2, 0) is 13.5 Å². The summed E-state index contributed by atoms with van der Waals surface area (Å²) in [5, 5.41) is 13.1. The van der Waals surface area contributed by atoms with Gasteiger partial charge in [-0.1, -0.05) is 18.2 Å². The van der Waals surface area contributed by atoms with Crippen molar-refractivity contribution in [3.63, 3.8) is 0 Å². The van der Waals surface area contributed by atoms with Crippen molar-refractivity contribution in [3.8, 4) is 5.75 Å². The first-order valence-corrected chi connectivity index (χ1v) is 5.50. The number of hydrogen-bond acceptors (Lipinski definition) is 3. The number of carboxylic acid groups (broad SMARTS) is 1. The second-order valence-electron chi connectivity index (χ2n) is 3.94. The number of methoxy groups -OCH3 is 1. The van der Waals surface area contributed by atoms with E-state index in [9.17, 15) is 4.79 Å². The van der Waals surface area contributed by atoms with Crippen molar-refractivity contribution in [1.29, 1.82) is 0 Å². The molecule has 0 saturated heterocycles. The Balaban J connectivity index is 2.29. The predicted octanol–water partition coefficient (Wildman–Crippen LogP) is 1.72. The van der Waals surface area contributed by atoms with Gasteiger partial charge in [-0.15, -0.1) is 0 Å². The van der Waals surface area contributed by atoms with Crippen LogP contribution in [0.1, 0.15) is 21.7 Å². The Morgan fingerprint density at radius 2 is 2.17 bits per heavy atom. The molecule has 1 N–H and O–H groups in total. The highest BCUT2D eigenvalue weighted by molar-refractivity contribution is 5.85. The first kappa shape index (κ1) is 12.2. The van der Waals surface area contributed by atoms with Gasteiger partial charge < -0.3 is 9.84 Å². The summed E-state index contributed by atoms with van der Waals surface area (Å²) in [6, 6.07) is 9.20. The second kappa shape index (κ2) is 4.91. The Labute approximate surface area is 105 Å². The van der Waals surface area contributed by atoms with Gasteiger partial charge in [0.05, 0.1) is 12.8 Å². The molecule has 0 aliphatic rings. The van der Waals surface area contributed by atoms with Gasteiger partial charge in [0.1, 0.15) is 11.4 Å². The molecule has 18 heavy (non-hydrogen) atoms. The van der Waals surface area contributed by atoms with Gasteiger partial charge in [0, 0.05) is 19.0 Å². The smallest absolute Gasteiger partial charge is 0.354 e. The molecule has 0 radical (unpaired) electrons. The Kier molecular flexibility index (Phi) is 3.32. The number of para-hydroxylation sites is 1. The fraction of sp³-hybridized carbons (Fsp3) is 0.231. The highest BCUT2D eigenvalue weighted by atomic mass is 16.5. The summed E-state index contributed by atoms with van der Waals surface area (Å²) in [5.41, 5.74) is 1.87. The first-order valence-electron chi connectivity index (χ1n) is 5.50. The molecule has 1 heterocycles. The second-order valence-corrected chi connectivity index (χ2v) is 3.94. The van der Waals surface area contributed by atoms with E-state index < -0.39 is 5.97 Å². The van der Waals surface area contributed by atoms with Crippen LogP contribution >= 0.6 is 0 Å². The van der Waals surface area contributed by atoms with Crippen LogP contribution < -0.4 is 4.74 Å². The van der Waals surface area contributed by atoms with Crippen molar-refractivity contribution in [2.75, 3.05) is 7.11 Å². The summed E-state index contributed by atoms with van der Waals surface area (Å²) in [6.07, 6.45) is 0.547. The molecule has 94 valence electrons. The quantitative estimate of drug-likeness (QED) is 0.892. The lowest BCUT2D eigenvalue weighted by molar-refractivity contribution is 0.0685. The third-order valence-electron chi connectivity index (χ3n) is 2.71. The maximum atomic E-state index is 10.9. The van der Waals surface area contributed by atoms with E-state index in [1.165, 1.54) is 4.68 Å². The number of nitrogens with zero attached hydrogens (tertiary/aromatic N) is 2. The van der Waals surface area contributed by atoms with E-state index in [-0.39, 0.29) is 5.69 Å². The van der Waals surface area contributed by atoms with Gasteiger partial charge in [-0.2, -0.15) is 5.10 Å². The Hall–Kier alpha value is -2.30. The summed E-state index contributed by atoms with van der Waals surface area (Å²) in [4.78, 5) is 10.9. The lowest BCUT2D eigenvalue weighted by Crippen LogP contribution is -2.04. The zero-order valence-corrected chi connectivity index (χ0v) is 10.3. The van der Waals surface area contributed by atoms with Crippen LogP contribution in [0.25, 0.3) is 0 Å². The van der Waals surface area contributed by atoms with Crippen LogP contribution in [0.5, 0.6) is 5.75 Å². The van der Waals surface area contributed by atoms with Crippen LogP contribution in [0.4, 0.5) is 0 Å². The molecule has 2 aromatic rings. The van der Waals surface area contributed by atoms with Gasteiger partial charge in [-0.3, -0.25) is 4.68 Å². The average molecular weight is 246 g/mol. The number of rotatable bonds is 4. The molecule has 0 unspecified atom stereocenters. The normalized spacial score (nSPS) is 10.3. The Morgan fingerprint density at radius 1 is 1.44 bits per heavy atom. The molecular formula is C13H14N2O3. The number of ether oxygens (including phenoxy) is 1. The van der Waals surface area contributed by atoms with E-state index in [0.717, 1.165) is 11.3 Å². The molecule has 0 amide bonds. The molecule has 0 fully saturated rings. The zero-order chi connectivity index (χ0) is 13.1. The topological polar surface area (TPSA) is 64.3 Å². The van der Waals surface area contributed by atoms with Gasteiger partial charge in [-0.25, -0.2) is 4.79 Å². The lowest BCUT2D eigenvalue weighted by atomic mass is 10.1. The molecule has 0 aliphatic carbocycles. The van der Waals surface area contributed by atoms with Crippen molar-refractivity contribution in [1.82, 2.24) is 9.78 Å². The van der Waals surface area contributed by atoms with Gasteiger partial charge in [0.15, 0.2) is 0 Å². The number of aryl methyl sites for hydroxylation is 1. The SMILES string of the molecule is COc1ccccc1Cc1cc(C(=O)O)n(C)n1. The fourth-order valence-electron chi connectivity index (χ4n) is 1.86. The van der Waals surface area contributed by atoms with E-state index in [1.807, 2.05) is 24.3 Å². The molecule has 0 bridgehead atoms. The molecule has 1 aromatic heterocycles. The number of hydrogen-bond donors (Lipinski definition) is 1. The summed E-state index contributed by atoms with van der Waals surface area (Å²) < 4.78 is 6.62. The number of aromatic nitrogens is 2. The minimum atomic E-state index is -0.976. The van der Waals surface area contributed by atoms with Gasteiger partial charge >= 0.3 is 5.97 Å². The van der Waals surface area contributed by atoms with Crippen LogP contribution in [0, 0.1) is 0 Å². The van der Waals surface area contributed by atoms with Crippen LogP contribution in [0.15, 0.2) is 30.3 Å². The zero-order valence-electron chi connectivity index (χ0n) is 10.3. The summed E-state index contributed by atoms with van der Waals surface area (Å²) in [7, 11) is 3.23. The fourth-order valence-corrected chi connectivity index (χ4v) is 1.86. The number of aromatic carboxylic acids is 1. The van der Waals surface area contributed by atoms with E-state index in [2.05, 4.69) is 5.10 Å². The van der Waals surface area contributed by atoms with Crippen molar-refractivity contribution >= 4 is 5.97 Å². The van der Waals surface area contributed by atoms with Crippen LogP contribution in [-0.4, -0.2) is 28.0 Å². The maximum absolute atomic E-state index is 10.9. The van der Waals surface area contributed by atoms with Crippen LogP contribution in [0.3, 0.4) is 0 Å². The number of carbonyl (C=O) groups is 1. The molecule has 5 nitrogen and oxygen atoms in total. The minimum Gasteiger partial charge on any atom is -0.496 e. The summed E-state index contributed by atoms with van der Waals surface area (Å²) in [5.74, 6) is -0.198. The van der Waals surface area contributed by atoms with E-state index >= 15 is 0 Å². The molecule has 5 heteroatoms. The van der Waals surface area contributed by atoms with Crippen molar-refractivity contribution in [2.24, 2.45) is 7.05 Å².